The van der Waals surface area contributed by atoms with Crippen molar-refractivity contribution in [2.75, 3.05) is 0 Å². The number of aromatic amines is 1. The number of amides is 3. The highest BCUT2D eigenvalue weighted by Crippen LogP contribution is 2.34. The number of para-hydroxylation sites is 1. The molecular formula is C23H24N4O3. The van der Waals surface area contributed by atoms with Crippen molar-refractivity contribution in [1.82, 2.24) is 15.6 Å². The molecule has 2 atom stereocenters. The zero-order valence-corrected chi connectivity index (χ0v) is 16.7. The Morgan fingerprint density at radius 1 is 1.07 bits per heavy atom. The van der Waals surface area contributed by atoms with Gasteiger partial charge in [0.1, 0.15) is 11.6 Å². The third-order valence-electron chi connectivity index (χ3n) is 5.73. The molecule has 7 heteroatoms. The molecule has 3 aromatic rings. The number of primary amides is 1. The second-order valence-corrected chi connectivity index (χ2v) is 7.79. The third-order valence-corrected chi connectivity index (χ3v) is 5.73. The van der Waals surface area contributed by atoms with E-state index in [4.69, 9.17) is 5.73 Å². The van der Waals surface area contributed by atoms with Gasteiger partial charge in [0.2, 0.25) is 17.7 Å². The summed E-state index contributed by atoms with van der Waals surface area (Å²) < 4.78 is 0. The van der Waals surface area contributed by atoms with Crippen molar-refractivity contribution in [3.63, 3.8) is 0 Å². The lowest BCUT2D eigenvalue weighted by Gasteiger charge is -2.37. The molecule has 0 saturated carbocycles. The fourth-order valence-electron chi connectivity index (χ4n) is 4.33. The minimum atomic E-state index is -1.16. The Morgan fingerprint density at radius 2 is 1.77 bits per heavy atom. The van der Waals surface area contributed by atoms with Gasteiger partial charge in [-0.2, -0.15) is 0 Å². The number of nitrogens with two attached hydrogens (primary N) is 1. The van der Waals surface area contributed by atoms with Crippen molar-refractivity contribution in [2.24, 2.45) is 5.73 Å². The highest BCUT2D eigenvalue weighted by atomic mass is 16.2. The van der Waals surface area contributed by atoms with Gasteiger partial charge in [-0.15, -0.1) is 0 Å². The van der Waals surface area contributed by atoms with Crippen LogP contribution in [0.1, 0.15) is 36.2 Å². The first-order valence-electron chi connectivity index (χ1n) is 9.92. The van der Waals surface area contributed by atoms with Gasteiger partial charge in [0.25, 0.3) is 0 Å². The lowest BCUT2D eigenvalue weighted by Crippen LogP contribution is -2.62. The number of H-pyrrole nitrogens is 1. The first kappa shape index (κ1) is 19.7. The summed E-state index contributed by atoms with van der Waals surface area (Å²) in [4.78, 5) is 41.0. The van der Waals surface area contributed by atoms with Gasteiger partial charge in [0, 0.05) is 29.9 Å². The minimum absolute atomic E-state index is 0.302. The number of carbonyl (C=O) groups excluding carboxylic acids is 3. The van der Waals surface area contributed by atoms with Gasteiger partial charge >= 0.3 is 0 Å². The van der Waals surface area contributed by atoms with Crippen LogP contribution in [-0.2, 0) is 27.2 Å². The number of rotatable bonds is 5. The fourth-order valence-corrected chi connectivity index (χ4v) is 4.33. The van der Waals surface area contributed by atoms with Crippen LogP contribution < -0.4 is 16.4 Å². The standard InChI is InChI=1S/C23H24N4O3/c1-14(28)27-23(22(30)26-20(21(24)29)15-7-3-2-4-8-15)12-11-19-17(13-23)16-9-5-6-10-18(16)25-19/h2-10,20,25H,11-13H2,1H3,(H2,24,29)(H,26,30)(H,27,28)/t20-,23-/m0/s1. The van der Waals surface area contributed by atoms with Crippen LogP contribution in [-0.4, -0.2) is 28.2 Å². The molecule has 0 bridgehead atoms. The van der Waals surface area contributed by atoms with Gasteiger partial charge in [-0.25, -0.2) is 0 Å². The van der Waals surface area contributed by atoms with E-state index in [9.17, 15) is 14.4 Å². The topological polar surface area (TPSA) is 117 Å². The molecule has 7 nitrogen and oxygen atoms in total. The Balaban J connectivity index is 1.69. The predicted molar refractivity (Wildman–Crippen MR) is 113 cm³/mol. The second kappa shape index (κ2) is 7.67. The molecule has 30 heavy (non-hydrogen) atoms. The van der Waals surface area contributed by atoms with Gasteiger partial charge in [-0.1, -0.05) is 48.5 Å². The number of hydrogen-bond acceptors (Lipinski definition) is 3. The van der Waals surface area contributed by atoms with Crippen molar-refractivity contribution >= 4 is 28.6 Å². The Bertz CT molecular complexity index is 1120. The van der Waals surface area contributed by atoms with Gasteiger partial charge in [0.15, 0.2) is 0 Å². The van der Waals surface area contributed by atoms with Crippen LogP contribution in [0, 0.1) is 0 Å². The number of nitrogens with one attached hydrogen (secondary N) is 3. The van der Waals surface area contributed by atoms with Crippen molar-refractivity contribution in [3.8, 4) is 0 Å². The van der Waals surface area contributed by atoms with Crippen LogP contribution in [0.4, 0.5) is 0 Å². The molecule has 1 heterocycles. The molecule has 3 amide bonds. The van der Waals surface area contributed by atoms with E-state index in [1.807, 2.05) is 30.3 Å². The molecule has 0 radical (unpaired) electrons. The molecule has 1 aliphatic carbocycles. The van der Waals surface area contributed by atoms with Crippen LogP contribution in [0.3, 0.4) is 0 Å². The van der Waals surface area contributed by atoms with Crippen molar-refractivity contribution < 1.29 is 14.4 Å². The zero-order chi connectivity index (χ0) is 21.3. The maximum Gasteiger partial charge on any atom is 0.247 e. The Kier molecular flexibility index (Phi) is 5.03. The first-order valence-corrected chi connectivity index (χ1v) is 9.92. The Labute approximate surface area is 174 Å². The molecule has 0 unspecified atom stereocenters. The number of fused-ring (bicyclic) bond motifs is 3. The molecule has 0 saturated heterocycles. The molecule has 5 N–H and O–H groups in total. The van der Waals surface area contributed by atoms with E-state index in [0.29, 0.717) is 24.8 Å². The molecule has 0 aliphatic heterocycles. The van der Waals surface area contributed by atoms with Crippen molar-refractivity contribution in [2.45, 2.75) is 37.8 Å². The Hall–Kier alpha value is -3.61. The SMILES string of the molecule is CC(=O)N[C@@]1(C(=O)N[C@H](C(N)=O)c2ccccc2)CCc2[nH]c3ccccc3c2C1. The molecule has 1 aliphatic rings. The molecule has 4 rings (SSSR count). The number of hydrogen-bond donors (Lipinski definition) is 4. The fraction of sp³-hybridized carbons (Fsp3) is 0.261. The lowest BCUT2D eigenvalue weighted by atomic mass is 9.78. The monoisotopic (exact) mass is 404 g/mol. The minimum Gasteiger partial charge on any atom is -0.368 e. The van der Waals surface area contributed by atoms with E-state index in [-0.39, 0.29) is 5.91 Å². The number of benzene rings is 2. The summed E-state index contributed by atoms with van der Waals surface area (Å²) in [6, 6.07) is 15.8. The summed E-state index contributed by atoms with van der Waals surface area (Å²) in [7, 11) is 0. The Morgan fingerprint density at radius 3 is 2.47 bits per heavy atom. The average molecular weight is 404 g/mol. The smallest absolute Gasteiger partial charge is 0.247 e. The van der Waals surface area contributed by atoms with Gasteiger partial charge < -0.3 is 21.4 Å². The summed E-state index contributed by atoms with van der Waals surface area (Å²) in [6.45, 7) is 1.39. The summed E-state index contributed by atoms with van der Waals surface area (Å²) in [5.74, 6) is -1.37. The predicted octanol–water partition coefficient (Wildman–Crippen LogP) is 1.87. The normalized spacial score (nSPS) is 19.0. The van der Waals surface area contributed by atoms with Crippen LogP contribution >= 0.6 is 0 Å². The highest BCUT2D eigenvalue weighted by molar-refractivity contribution is 5.96. The van der Waals surface area contributed by atoms with Gasteiger partial charge in [-0.05, 0) is 30.0 Å². The van der Waals surface area contributed by atoms with Crippen LogP contribution in [0.25, 0.3) is 10.9 Å². The molecule has 0 fully saturated rings. The third kappa shape index (κ3) is 3.54. The van der Waals surface area contributed by atoms with Crippen molar-refractivity contribution in [1.29, 1.82) is 0 Å². The number of carbonyl (C=O) groups is 3. The maximum atomic E-state index is 13.5. The largest absolute Gasteiger partial charge is 0.368 e. The van der Waals surface area contributed by atoms with Gasteiger partial charge in [0.05, 0.1) is 0 Å². The van der Waals surface area contributed by atoms with Crippen LogP contribution in [0.2, 0.25) is 0 Å². The summed E-state index contributed by atoms with van der Waals surface area (Å²) in [5.41, 5.74) is 8.10. The first-order chi connectivity index (χ1) is 14.4. The highest BCUT2D eigenvalue weighted by Gasteiger charge is 2.44. The quantitative estimate of drug-likeness (QED) is 0.520. The van der Waals surface area contributed by atoms with E-state index in [0.717, 1.165) is 22.2 Å². The van der Waals surface area contributed by atoms with Crippen LogP contribution in [0.5, 0.6) is 0 Å². The molecule has 0 spiro atoms. The van der Waals surface area contributed by atoms with E-state index >= 15 is 0 Å². The van der Waals surface area contributed by atoms with Gasteiger partial charge in [-0.3, -0.25) is 14.4 Å². The summed E-state index contributed by atoms with van der Waals surface area (Å²) >= 11 is 0. The second-order valence-electron chi connectivity index (χ2n) is 7.79. The maximum absolute atomic E-state index is 13.5. The zero-order valence-electron chi connectivity index (χ0n) is 16.7. The molecule has 2 aromatic carbocycles. The van der Waals surface area contributed by atoms with E-state index in [1.165, 1.54) is 6.92 Å². The molecular weight excluding hydrogens is 380 g/mol. The van der Waals surface area contributed by atoms with Crippen molar-refractivity contribution in [3.05, 3.63) is 71.4 Å². The molecule has 1 aromatic heterocycles. The number of aryl methyl sites for hydroxylation is 1. The van der Waals surface area contributed by atoms with E-state index in [2.05, 4.69) is 15.6 Å². The van der Waals surface area contributed by atoms with E-state index < -0.39 is 23.4 Å². The average Bonchev–Trinajstić information content (AvgIpc) is 3.09. The van der Waals surface area contributed by atoms with E-state index in [1.54, 1.807) is 24.3 Å². The summed E-state index contributed by atoms with van der Waals surface area (Å²) in [6.07, 6.45) is 1.35. The lowest BCUT2D eigenvalue weighted by molar-refractivity contribution is -0.135. The van der Waals surface area contributed by atoms with Crippen LogP contribution in [0.15, 0.2) is 54.6 Å². The summed E-state index contributed by atoms with van der Waals surface area (Å²) in [5, 5.41) is 6.68. The number of aromatic nitrogens is 1. The molecule has 154 valence electrons.